The number of aromatic nitrogens is 2. The van der Waals surface area contributed by atoms with E-state index in [1.807, 2.05) is 13.8 Å². The number of anilines is 1. The molecule has 1 saturated carbocycles. The van der Waals surface area contributed by atoms with Gasteiger partial charge in [0.25, 0.3) is 5.91 Å². The van der Waals surface area contributed by atoms with Crippen molar-refractivity contribution < 1.29 is 13.6 Å². The molecule has 1 aromatic heterocycles. The number of alkyl halides is 2. The van der Waals surface area contributed by atoms with Gasteiger partial charge in [-0.1, -0.05) is 0 Å². The van der Waals surface area contributed by atoms with Crippen LogP contribution < -0.4 is 4.90 Å². The van der Waals surface area contributed by atoms with E-state index in [1.54, 1.807) is 7.05 Å². The van der Waals surface area contributed by atoms with E-state index < -0.39 is 5.92 Å². The molecule has 1 amide bonds. The molecule has 0 aromatic carbocycles. The minimum atomic E-state index is -2.57. The first-order valence-corrected chi connectivity index (χ1v) is 9.47. The fourth-order valence-electron chi connectivity index (χ4n) is 3.93. The molecule has 0 N–H and O–H groups in total. The van der Waals surface area contributed by atoms with Crippen LogP contribution >= 0.6 is 0 Å². The van der Waals surface area contributed by atoms with Crippen LogP contribution in [0.15, 0.2) is 0 Å². The second kappa shape index (κ2) is 7.30. The summed E-state index contributed by atoms with van der Waals surface area (Å²) in [7, 11) is 5.77. The van der Waals surface area contributed by atoms with Crippen LogP contribution in [-0.2, 0) is 0 Å². The third-order valence-corrected chi connectivity index (χ3v) is 5.80. The number of aryl methyl sites for hydroxylation is 1. The largest absolute Gasteiger partial charge is 0.355 e. The van der Waals surface area contributed by atoms with Gasteiger partial charge in [0.05, 0.1) is 0 Å². The summed E-state index contributed by atoms with van der Waals surface area (Å²) < 4.78 is 26.1. The quantitative estimate of drug-likeness (QED) is 0.784. The van der Waals surface area contributed by atoms with Crippen molar-refractivity contribution in [3.05, 3.63) is 17.1 Å². The van der Waals surface area contributed by atoms with Crippen LogP contribution in [0.4, 0.5) is 14.6 Å². The van der Waals surface area contributed by atoms with Gasteiger partial charge in [-0.15, -0.1) is 0 Å². The minimum absolute atomic E-state index is 0.148. The van der Waals surface area contributed by atoms with Crippen LogP contribution in [0.1, 0.15) is 41.1 Å². The highest BCUT2D eigenvalue weighted by Gasteiger charge is 2.45. The average Bonchev–Trinajstić information content (AvgIpc) is 3.04. The van der Waals surface area contributed by atoms with Crippen LogP contribution in [0.3, 0.4) is 0 Å². The Kier molecular flexibility index (Phi) is 5.38. The average molecular weight is 381 g/mol. The monoisotopic (exact) mass is 381 g/mol. The molecule has 6 nitrogen and oxygen atoms in total. The number of likely N-dealkylation sites (N-methyl/N-ethyl adjacent to an activating group) is 1. The number of halogens is 2. The van der Waals surface area contributed by atoms with E-state index in [-0.39, 0.29) is 30.5 Å². The highest BCUT2D eigenvalue weighted by Crippen LogP contribution is 2.42. The Morgan fingerprint density at radius 3 is 2.44 bits per heavy atom. The van der Waals surface area contributed by atoms with Crippen LogP contribution in [-0.4, -0.2) is 78.4 Å². The molecule has 0 bridgehead atoms. The first kappa shape index (κ1) is 19.9. The Morgan fingerprint density at radius 2 is 1.89 bits per heavy atom. The van der Waals surface area contributed by atoms with Crippen LogP contribution in [0.2, 0.25) is 0 Å². The molecule has 2 aliphatic rings. The molecule has 8 heteroatoms. The summed E-state index contributed by atoms with van der Waals surface area (Å²) in [4.78, 5) is 27.6. The van der Waals surface area contributed by atoms with Gasteiger partial charge in [0.1, 0.15) is 5.82 Å². The molecule has 1 atom stereocenters. The first-order valence-electron chi connectivity index (χ1n) is 9.47. The smallest absolute Gasteiger partial charge is 0.291 e. The Bertz CT molecular complexity index is 716. The fraction of sp³-hybridized carbons (Fsp3) is 0.737. The summed E-state index contributed by atoms with van der Waals surface area (Å²) in [5.74, 6) is -2.08. The molecule has 0 radical (unpaired) electrons. The van der Waals surface area contributed by atoms with Gasteiger partial charge in [0.2, 0.25) is 11.7 Å². The normalized spacial score (nSPS) is 22.2. The zero-order valence-corrected chi connectivity index (χ0v) is 16.8. The minimum Gasteiger partial charge on any atom is -0.355 e. The maximum atomic E-state index is 13.0. The molecule has 0 unspecified atom stereocenters. The predicted molar refractivity (Wildman–Crippen MR) is 100 cm³/mol. The first-order chi connectivity index (χ1) is 12.6. The number of hydrogen-bond donors (Lipinski definition) is 0. The Hall–Kier alpha value is -1.83. The van der Waals surface area contributed by atoms with E-state index in [4.69, 9.17) is 0 Å². The van der Waals surface area contributed by atoms with Crippen LogP contribution in [0.5, 0.6) is 0 Å². The summed E-state index contributed by atoms with van der Waals surface area (Å²) in [5, 5.41) is 0. The Labute approximate surface area is 159 Å². The topological polar surface area (TPSA) is 52.6 Å². The molecule has 2 heterocycles. The number of carbonyl (C=O) groups is 1. The van der Waals surface area contributed by atoms with Crippen molar-refractivity contribution >= 4 is 11.7 Å². The lowest BCUT2D eigenvalue weighted by molar-refractivity contribution is -0.113. The fourth-order valence-corrected chi connectivity index (χ4v) is 3.93. The molecule has 1 saturated heterocycles. The van der Waals surface area contributed by atoms with Gasteiger partial charge in [0, 0.05) is 56.8 Å². The third kappa shape index (κ3) is 4.20. The molecule has 3 rings (SSSR count). The summed E-state index contributed by atoms with van der Waals surface area (Å²) in [6.07, 6.45) is 0.751. The SMILES string of the molecule is Cc1nc(C(=O)N(C)CC2CC(F)(F)C2)nc(N2CC[C@@H](N(C)C)C2)c1C. The number of hydrogen-bond acceptors (Lipinski definition) is 5. The summed E-state index contributed by atoms with van der Waals surface area (Å²) >= 11 is 0. The lowest BCUT2D eigenvalue weighted by Gasteiger charge is -2.37. The van der Waals surface area contributed by atoms with E-state index in [1.165, 1.54) is 4.90 Å². The van der Waals surface area contributed by atoms with Gasteiger partial charge in [-0.25, -0.2) is 18.7 Å². The summed E-state index contributed by atoms with van der Waals surface area (Å²) in [6, 6.07) is 0.460. The van der Waals surface area contributed by atoms with Crippen molar-refractivity contribution in [2.75, 3.05) is 45.7 Å². The standard InChI is InChI=1S/C19H29F2N5O/c1-12-13(2)22-16(18(27)25(5)10-14-8-19(20,21)9-14)23-17(12)26-7-6-15(11-26)24(3)4/h14-15H,6-11H2,1-5H3/t15-/m1/s1. The van der Waals surface area contributed by atoms with Crippen LogP contribution in [0, 0.1) is 19.8 Å². The highest BCUT2D eigenvalue weighted by atomic mass is 19.3. The van der Waals surface area contributed by atoms with Crippen molar-refractivity contribution in [3.63, 3.8) is 0 Å². The second-order valence-corrected chi connectivity index (χ2v) is 8.25. The number of amides is 1. The highest BCUT2D eigenvalue weighted by molar-refractivity contribution is 5.90. The molecule has 1 aliphatic carbocycles. The third-order valence-electron chi connectivity index (χ3n) is 5.80. The van der Waals surface area contributed by atoms with Crippen molar-refractivity contribution in [3.8, 4) is 0 Å². The predicted octanol–water partition coefficient (Wildman–Crippen LogP) is 2.35. The number of nitrogens with zero attached hydrogens (tertiary/aromatic N) is 5. The summed E-state index contributed by atoms with van der Waals surface area (Å²) in [6.45, 7) is 5.92. The van der Waals surface area contributed by atoms with Gasteiger partial charge >= 0.3 is 0 Å². The van der Waals surface area contributed by atoms with E-state index in [0.717, 1.165) is 36.6 Å². The zero-order valence-electron chi connectivity index (χ0n) is 16.8. The molecule has 150 valence electrons. The molecule has 2 fully saturated rings. The molecule has 1 aliphatic heterocycles. The van der Waals surface area contributed by atoms with Crippen molar-refractivity contribution in [2.24, 2.45) is 5.92 Å². The lowest BCUT2D eigenvalue weighted by Crippen LogP contribution is -2.43. The molecular formula is C19H29F2N5O. The van der Waals surface area contributed by atoms with Crippen molar-refractivity contribution in [1.82, 2.24) is 19.8 Å². The van der Waals surface area contributed by atoms with E-state index in [9.17, 15) is 13.6 Å². The number of carbonyl (C=O) groups excluding carboxylic acids is 1. The molecular weight excluding hydrogens is 352 g/mol. The van der Waals surface area contributed by atoms with Gasteiger partial charge in [-0.05, 0) is 40.3 Å². The molecule has 1 aromatic rings. The van der Waals surface area contributed by atoms with Gasteiger partial charge < -0.3 is 14.7 Å². The number of rotatable bonds is 5. The van der Waals surface area contributed by atoms with Gasteiger partial charge in [-0.3, -0.25) is 4.79 Å². The maximum Gasteiger partial charge on any atom is 0.291 e. The van der Waals surface area contributed by atoms with Gasteiger partial charge in [0.15, 0.2) is 0 Å². The molecule has 27 heavy (non-hydrogen) atoms. The maximum absolute atomic E-state index is 13.0. The zero-order chi connectivity index (χ0) is 19.9. The van der Waals surface area contributed by atoms with Gasteiger partial charge in [-0.2, -0.15) is 0 Å². The molecule has 0 spiro atoms. The lowest BCUT2D eigenvalue weighted by atomic mass is 9.81. The van der Waals surface area contributed by atoms with E-state index >= 15 is 0 Å². The van der Waals surface area contributed by atoms with Crippen LogP contribution in [0.25, 0.3) is 0 Å². The second-order valence-electron chi connectivity index (χ2n) is 8.25. The van der Waals surface area contributed by atoms with Crippen molar-refractivity contribution in [1.29, 1.82) is 0 Å². The van der Waals surface area contributed by atoms with E-state index in [2.05, 4.69) is 33.9 Å². The Morgan fingerprint density at radius 1 is 1.22 bits per heavy atom. The van der Waals surface area contributed by atoms with E-state index in [0.29, 0.717) is 12.6 Å². The summed E-state index contributed by atoms with van der Waals surface area (Å²) in [5.41, 5.74) is 1.76. The Balaban J connectivity index is 1.74. The van der Waals surface area contributed by atoms with Crippen molar-refractivity contribution in [2.45, 2.75) is 45.1 Å².